The molecule has 0 aliphatic rings. The van der Waals surface area contributed by atoms with Crippen LogP contribution >= 0.6 is 0 Å². The third-order valence-corrected chi connectivity index (χ3v) is 4.71. The summed E-state index contributed by atoms with van der Waals surface area (Å²) in [5.41, 5.74) is -0.492. The fraction of sp³-hybridized carbons (Fsp3) is 0.765. The van der Waals surface area contributed by atoms with E-state index in [1.165, 1.54) is 0 Å². The number of hydrogen-bond acceptors (Lipinski definition) is 2. The fourth-order valence-corrected chi connectivity index (χ4v) is 2.34. The van der Waals surface area contributed by atoms with Gasteiger partial charge in [-0.25, -0.2) is 0 Å². The molecule has 0 heterocycles. The summed E-state index contributed by atoms with van der Waals surface area (Å²) in [5.74, 6) is 3.24. The summed E-state index contributed by atoms with van der Waals surface area (Å²) in [4.78, 5) is 23.9. The van der Waals surface area contributed by atoms with Gasteiger partial charge in [-0.1, -0.05) is 41.5 Å². The van der Waals surface area contributed by atoms with Gasteiger partial charge in [0.2, 0.25) is 0 Å². The number of hydrogen-bond donors (Lipinski definition) is 0. The molecule has 0 aliphatic carbocycles. The lowest BCUT2D eigenvalue weighted by Gasteiger charge is -2.35. The third kappa shape index (κ3) is 4.49. The van der Waals surface area contributed by atoms with Crippen LogP contribution in [-0.4, -0.2) is 11.6 Å². The zero-order chi connectivity index (χ0) is 15.4. The van der Waals surface area contributed by atoms with Crippen molar-refractivity contribution in [1.29, 1.82) is 0 Å². The van der Waals surface area contributed by atoms with E-state index in [0.29, 0.717) is 6.42 Å². The molecule has 0 aromatic rings. The molecule has 0 radical (unpaired) electrons. The molecule has 0 amide bonds. The summed E-state index contributed by atoms with van der Waals surface area (Å²) in [6, 6.07) is 0. The highest BCUT2D eigenvalue weighted by Crippen LogP contribution is 2.36. The van der Waals surface area contributed by atoms with Crippen molar-refractivity contribution >= 4 is 11.6 Å². The van der Waals surface area contributed by atoms with E-state index in [1.54, 1.807) is 6.92 Å². The Morgan fingerprint density at radius 1 is 1.16 bits per heavy atom. The summed E-state index contributed by atoms with van der Waals surface area (Å²) >= 11 is 0. The van der Waals surface area contributed by atoms with Crippen LogP contribution in [-0.2, 0) is 9.59 Å². The molecule has 0 fully saturated rings. The Morgan fingerprint density at radius 2 is 1.63 bits per heavy atom. The third-order valence-electron chi connectivity index (χ3n) is 4.71. The minimum absolute atomic E-state index is 0.0493. The van der Waals surface area contributed by atoms with Gasteiger partial charge in [0.25, 0.3) is 0 Å². The lowest BCUT2D eigenvalue weighted by Crippen LogP contribution is -2.39. The predicted molar refractivity (Wildman–Crippen MR) is 79.6 cm³/mol. The van der Waals surface area contributed by atoms with Crippen molar-refractivity contribution in [2.75, 3.05) is 0 Å². The Labute approximate surface area is 118 Å². The minimum Gasteiger partial charge on any atom is -0.300 e. The van der Waals surface area contributed by atoms with Crippen molar-refractivity contribution in [2.45, 2.75) is 54.9 Å². The molecule has 0 unspecified atom stereocenters. The maximum Gasteiger partial charge on any atom is 0.141 e. The molecular formula is C17H28O2. The zero-order valence-corrected chi connectivity index (χ0v) is 13.4. The second-order valence-corrected chi connectivity index (χ2v) is 6.50. The molecule has 4 atom stereocenters. The highest BCUT2D eigenvalue weighted by Gasteiger charge is 2.39. The Bertz CT molecular complexity index is 373. The molecule has 0 saturated heterocycles. The van der Waals surface area contributed by atoms with Crippen molar-refractivity contribution in [3.63, 3.8) is 0 Å². The number of rotatable bonds is 7. The van der Waals surface area contributed by atoms with Gasteiger partial charge in [-0.05, 0) is 18.8 Å². The summed E-state index contributed by atoms with van der Waals surface area (Å²) in [6.45, 7) is 13.4. The Balaban J connectivity index is 4.98. The van der Waals surface area contributed by atoms with Crippen LogP contribution in [0.5, 0.6) is 0 Å². The molecule has 0 aromatic carbocycles. The number of terminal acetylenes is 1. The normalized spacial score (nSPS) is 18.0. The van der Waals surface area contributed by atoms with Gasteiger partial charge in [-0.2, -0.15) is 0 Å². The first-order chi connectivity index (χ1) is 8.55. The molecule has 0 N–H and O–H groups in total. The standard InChI is InChI=1S/C17H28O2/c1-9-11(2)14(5)15(6)16(19)17(7,8)12(3)10-13(4)18/h1,11-12,14-15H,10H2,2-8H3/t11-,12-,14-,15+/m0/s1. The highest BCUT2D eigenvalue weighted by molar-refractivity contribution is 5.87. The van der Waals surface area contributed by atoms with E-state index >= 15 is 0 Å². The first-order valence-electron chi connectivity index (χ1n) is 7.05. The number of Topliss-reactive ketones (excluding diaryl/α,β-unsaturated/α-hetero) is 2. The largest absolute Gasteiger partial charge is 0.300 e. The van der Waals surface area contributed by atoms with Gasteiger partial charge in [0.05, 0.1) is 0 Å². The second-order valence-electron chi connectivity index (χ2n) is 6.50. The first-order valence-corrected chi connectivity index (χ1v) is 7.05. The lowest BCUT2D eigenvalue weighted by molar-refractivity contribution is -0.135. The quantitative estimate of drug-likeness (QED) is 0.656. The maximum absolute atomic E-state index is 12.7. The van der Waals surface area contributed by atoms with E-state index in [2.05, 4.69) is 5.92 Å². The molecular weight excluding hydrogens is 236 g/mol. The summed E-state index contributed by atoms with van der Waals surface area (Å²) < 4.78 is 0. The predicted octanol–water partition coefficient (Wildman–Crippen LogP) is 3.74. The second kappa shape index (κ2) is 6.89. The van der Waals surface area contributed by atoms with Crippen molar-refractivity contribution in [3.05, 3.63) is 0 Å². The van der Waals surface area contributed by atoms with E-state index < -0.39 is 5.41 Å². The topological polar surface area (TPSA) is 34.1 Å². The van der Waals surface area contributed by atoms with Crippen LogP contribution in [0, 0.1) is 41.4 Å². The Hall–Kier alpha value is -1.10. The molecule has 0 bridgehead atoms. The maximum atomic E-state index is 12.7. The van der Waals surface area contributed by atoms with E-state index in [4.69, 9.17) is 6.42 Å². The molecule has 0 saturated carbocycles. The summed E-state index contributed by atoms with van der Waals surface area (Å²) in [6.07, 6.45) is 5.89. The van der Waals surface area contributed by atoms with E-state index in [0.717, 1.165) is 0 Å². The van der Waals surface area contributed by atoms with Gasteiger partial charge >= 0.3 is 0 Å². The molecule has 2 heteroatoms. The monoisotopic (exact) mass is 264 g/mol. The van der Waals surface area contributed by atoms with E-state index in [1.807, 2.05) is 41.5 Å². The molecule has 0 rings (SSSR count). The van der Waals surface area contributed by atoms with Crippen molar-refractivity contribution in [1.82, 2.24) is 0 Å². The molecule has 108 valence electrons. The van der Waals surface area contributed by atoms with E-state index in [9.17, 15) is 9.59 Å². The Morgan fingerprint density at radius 3 is 2.00 bits per heavy atom. The van der Waals surface area contributed by atoms with Crippen LogP contribution in [0.1, 0.15) is 54.9 Å². The number of carbonyl (C=O) groups is 2. The van der Waals surface area contributed by atoms with Crippen molar-refractivity contribution in [3.8, 4) is 12.3 Å². The van der Waals surface area contributed by atoms with Gasteiger partial charge in [0.15, 0.2) is 0 Å². The lowest BCUT2D eigenvalue weighted by atomic mass is 9.67. The van der Waals surface area contributed by atoms with Gasteiger partial charge in [-0.15, -0.1) is 12.3 Å². The number of carbonyl (C=O) groups excluding carboxylic acids is 2. The van der Waals surface area contributed by atoms with Crippen molar-refractivity contribution < 1.29 is 9.59 Å². The van der Waals surface area contributed by atoms with Crippen LogP contribution in [0.4, 0.5) is 0 Å². The summed E-state index contributed by atoms with van der Waals surface area (Å²) in [5, 5.41) is 0. The SMILES string of the molecule is C#C[C@H](C)[C@H](C)[C@@H](C)C(=O)C(C)(C)[C@@H](C)CC(C)=O. The molecule has 2 nitrogen and oxygen atoms in total. The van der Waals surface area contributed by atoms with Crippen LogP contribution in [0.15, 0.2) is 0 Å². The first kappa shape index (κ1) is 17.9. The van der Waals surface area contributed by atoms with Gasteiger partial charge in [-0.3, -0.25) is 4.79 Å². The number of ketones is 2. The smallest absolute Gasteiger partial charge is 0.141 e. The molecule has 0 spiro atoms. The fourth-order valence-electron chi connectivity index (χ4n) is 2.34. The van der Waals surface area contributed by atoms with Crippen LogP contribution in [0.25, 0.3) is 0 Å². The van der Waals surface area contributed by atoms with Gasteiger partial charge < -0.3 is 4.79 Å². The molecule has 0 aliphatic heterocycles. The minimum atomic E-state index is -0.492. The van der Waals surface area contributed by atoms with Crippen LogP contribution in [0.2, 0.25) is 0 Å². The van der Waals surface area contributed by atoms with Gasteiger partial charge in [0, 0.05) is 23.7 Å². The van der Waals surface area contributed by atoms with E-state index in [-0.39, 0.29) is 35.2 Å². The summed E-state index contributed by atoms with van der Waals surface area (Å²) in [7, 11) is 0. The van der Waals surface area contributed by atoms with Gasteiger partial charge in [0.1, 0.15) is 11.6 Å². The molecule has 0 aromatic heterocycles. The van der Waals surface area contributed by atoms with Crippen LogP contribution < -0.4 is 0 Å². The Kier molecular flexibility index (Phi) is 6.49. The van der Waals surface area contributed by atoms with Crippen LogP contribution in [0.3, 0.4) is 0 Å². The zero-order valence-electron chi connectivity index (χ0n) is 13.4. The average molecular weight is 264 g/mol. The highest BCUT2D eigenvalue weighted by atomic mass is 16.1. The van der Waals surface area contributed by atoms with Crippen molar-refractivity contribution in [2.24, 2.45) is 29.1 Å². The average Bonchev–Trinajstić information content (AvgIpc) is 2.33. The molecule has 19 heavy (non-hydrogen) atoms.